The van der Waals surface area contributed by atoms with Crippen LogP contribution in [0.25, 0.3) is 0 Å². The van der Waals surface area contributed by atoms with Gasteiger partial charge in [-0.05, 0) is 30.0 Å². The van der Waals surface area contributed by atoms with Gasteiger partial charge in [-0.1, -0.05) is 45.7 Å². The molecule has 0 aliphatic rings. The second kappa shape index (κ2) is 10.6. The molecule has 0 radical (unpaired) electrons. The van der Waals surface area contributed by atoms with E-state index in [-0.39, 0.29) is 0 Å². The lowest BCUT2D eigenvalue weighted by atomic mass is 10.0. The van der Waals surface area contributed by atoms with Crippen LogP contribution < -0.4 is 10.1 Å². The van der Waals surface area contributed by atoms with Gasteiger partial charge in [0.05, 0.1) is 13.2 Å². The van der Waals surface area contributed by atoms with E-state index in [1.807, 2.05) is 0 Å². The van der Waals surface area contributed by atoms with Crippen molar-refractivity contribution in [1.82, 2.24) is 5.32 Å². The van der Waals surface area contributed by atoms with Crippen LogP contribution in [-0.4, -0.2) is 26.4 Å². The normalized spacial score (nSPS) is 12.6. The standard InChI is InChI=1S/C18H31NO2/c1-5-6-7-12-21-17-10-8-16(9-11-17)13-19-18(14-20-4)15(2)3/h8-11,15,18-19H,5-7,12-14H2,1-4H3. The number of methoxy groups -OCH3 is 1. The Morgan fingerprint density at radius 3 is 2.38 bits per heavy atom. The maximum absolute atomic E-state index is 5.73. The van der Waals surface area contributed by atoms with Crippen molar-refractivity contribution in [2.24, 2.45) is 5.92 Å². The van der Waals surface area contributed by atoms with Gasteiger partial charge in [-0.15, -0.1) is 0 Å². The van der Waals surface area contributed by atoms with E-state index >= 15 is 0 Å². The van der Waals surface area contributed by atoms with Crippen LogP contribution >= 0.6 is 0 Å². The summed E-state index contributed by atoms with van der Waals surface area (Å²) in [6.45, 7) is 9.05. The van der Waals surface area contributed by atoms with E-state index in [0.29, 0.717) is 12.0 Å². The smallest absolute Gasteiger partial charge is 0.119 e. The highest BCUT2D eigenvalue weighted by Crippen LogP contribution is 2.13. The van der Waals surface area contributed by atoms with Crippen molar-refractivity contribution in [2.75, 3.05) is 20.3 Å². The molecule has 0 bridgehead atoms. The number of benzene rings is 1. The van der Waals surface area contributed by atoms with Crippen molar-refractivity contribution in [1.29, 1.82) is 0 Å². The van der Waals surface area contributed by atoms with Gasteiger partial charge in [-0.25, -0.2) is 0 Å². The SMILES string of the molecule is CCCCCOc1ccc(CNC(COC)C(C)C)cc1. The highest BCUT2D eigenvalue weighted by atomic mass is 16.5. The largest absolute Gasteiger partial charge is 0.494 e. The molecule has 1 unspecified atom stereocenters. The summed E-state index contributed by atoms with van der Waals surface area (Å²) in [6, 6.07) is 8.77. The Morgan fingerprint density at radius 2 is 1.81 bits per heavy atom. The van der Waals surface area contributed by atoms with E-state index in [2.05, 4.69) is 50.4 Å². The van der Waals surface area contributed by atoms with Gasteiger partial charge in [0.25, 0.3) is 0 Å². The summed E-state index contributed by atoms with van der Waals surface area (Å²) in [6.07, 6.45) is 3.59. The van der Waals surface area contributed by atoms with E-state index < -0.39 is 0 Å². The van der Waals surface area contributed by atoms with Crippen LogP contribution in [0.15, 0.2) is 24.3 Å². The van der Waals surface area contributed by atoms with Crippen molar-refractivity contribution in [3.63, 3.8) is 0 Å². The molecule has 1 rings (SSSR count). The first kappa shape index (κ1) is 18.0. The average molecular weight is 293 g/mol. The van der Waals surface area contributed by atoms with Crippen LogP contribution in [0.2, 0.25) is 0 Å². The third-order valence-electron chi connectivity index (χ3n) is 3.66. The summed E-state index contributed by atoms with van der Waals surface area (Å²) in [7, 11) is 1.75. The van der Waals surface area contributed by atoms with Crippen molar-refractivity contribution in [3.05, 3.63) is 29.8 Å². The average Bonchev–Trinajstić information content (AvgIpc) is 2.49. The second-order valence-electron chi connectivity index (χ2n) is 5.89. The molecule has 0 amide bonds. The Hall–Kier alpha value is -1.06. The molecule has 0 spiro atoms. The second-order valence-corrected chi connectivity index (χ2v) is 5.89. The molecule has 0 fully saturated rings. The molecular weight excluding hydrogens is 262 g/mol. The fraction of sp³-hybridized carbons (Fsp3) is 0.667. The molecule has 1 aromatic rings. The fourth-order valence-electron chi connectivity index (χ4n) is 2.16. The maximum atomic E-state index is 5.73. The van der Waals surface area contributed by atoms with Crippen LogP contribution in [0.3, 0.4) is 0 Å². The Kier molecular flexibility index (Phi) is 9.11. The molecule has 3 heteroatoms. The lowest BCUT2D eigenvalue weighted by Gasteiger charge is -2.21. The van der Waals surface area contributed by atoms with Crippen molar-refractivity contribution >= 4 is 0 Å². The maximum Gasteiger partial charge on any atom is 0.119 e. The summed E-state index contributed by atoms with van der Waals surface area (Å²) < 4.78 is 11.0. The predicted molar refractivity (Wildman–Crippen MR) is 88.8 cm³/mol. The Morgan fingerprint density at radius 1 is 1.10 bits per heavy atom. The number of nitrogens with one attached hydrogen (secondary N) is 1. The molecule has 0 saturated carbocycles. The van der Waals surface area contributed by atoms with Gasteiger partial charge in [0.2, 0.25) is 0 Å². The minimum absolute atomic E-state index is 0.389. The monoisotopic (exact) mass is 293 g/mol. The topological polar surface area (TPSA) is 30.5 Å². The Labute approximate surface area is 130 Å². The predicted octanol–water partition coefficient (Wildman–Crippen LogP) is 4.02. The Bertz CT molecular complexity index is 362. The lowest BCUT2D eigenvalue weighted by molar-refractivity contribution is 0.146. The van der Waals surface area contributed by atoms with E-state index in [4.69, 9.17) is 9.47 Å². The molecule has 1 atom stereocenters. The van der Waals surface area contributed by atoms with Crippen LogP contribution in [0.5, 0.6) is 5.75 Å². The van der Waals surface area contributed by atoms with Gasteiger partial charge in [-0.3, -0.25) is 0 Å². The highest BCUT2D eigenvalue weighted by Gasteiger charge is 2.11. The molecule has 1 aromatic carbocycles. The van der Waals surface area contributed by atoms with E-state index in [0.717, 1.165) is 31.9 Å². The van der Waals surface area contributed by atoms with Gasteiger partial charge < -0.3 is 14.8 Å². The Balaban J connectivity index is 2.36. The summed E-state index contributed by atoms with van der Waals surface area (Å²) in [5, 5.41) is 3.55. The van der Waals surface area contributed by atoms with Gasteiger partial charge in [-0.2, -0.15) is 0 Å². The molecule has 0 saturated heterocycles. The number of unbranched alkanes of at least 4 members (excludes halogenated alkanes) is 2. The molecule has 0 aliphatic carbocycles. The minimum atomic E-state index is 0.389. The zero-order valence-electron chi connectivity index (χ0n) is 14.0. The van der Waals surface area contributed by atoms with E-state index in [1.54, 1.807) is 7.11 Å². The van der Waals surface area contributed by atoms with Crippen LogP contribution in [0, 0.1) is 5.92 Å². The minimum Gasteiger partial charge on any atom is -0.494 e. The number of hydrogen-bond donors (Lipinski definition) is 1. The van der Waals surface area contributed by atoms with Gasteiger partial charge in [0, 0.05) is 19.7 Å². The number of hydrogen-bond acceptors (Lipinski definition) is 3. The molecule has 21 heavy (non-hydrogen) atoms. The van der Waals surface area contributed by atoms with Crippen molar-refractivity contribution < 1.29 is 9.47 Å². The molecule has 0 aromatic heterocycles. The van der Waals surface area contributed by atoms with Gasteiger partial charge in [0.15, 0.2) is 0 Å². The molecule has 3 nitrogen and oxygen atoms in total. The first-order valence-electron chi connectivity index (χ1n) is 8.11. The van der Waals surface area contributed by atoms with E-state index in [9.17, 15) is 0 Å². The summed E-state index contributed by atoms with van der Waals surface area (Å²) in [4.78, 5) is 0. The van der Waals surface area contributed by atoms with Crippen molar-refractivity contribution in [3.8, 4) is 5.75 Å². The first-order valence-corrected chi connectivity index (χ1v) is 8.11. The van der Waals surface area contributed by atoms with Gasteiger partial charge >= 0.3 is 0 Å². The molecule has 1 N–H and O–H groups in total. The molecule has 0 aliphatic heterocycles. The lowest BCUT2D eigenvalue weighted by Crippen LogP contribution is -2.37. The summed E-state index contributed by atoms with van der Waals surface area (Å²) in [5.41, 5.74) is 1.28. The number of ether oxygens (including phenoxy) is 2. The molecular formula is C18H31NO2. The summed E-state index contributed by atoms with van der Waals surface area (Å²) >= 11 is 0. The van der Waals surface area contributed by atoms with Crippen LogP contribution in [-0.2, 0) is 11.3 Å². The quantitative estimate of drug-likeness (QED) is 0.625. The van der Waals surface area contributed by atoms with Crippen molar-refractivity contribution in [2.45, 2.75) is 52.6 Å². The van der Waals surface area contributed by atoms with Crippen LogP contribution in [0.1, 0.15) is 45.6 Å². The third kappa shape index (κ3) is 7.49. The fourth-order valence-corrected chi connectivity index (χ4v) is 2.16. The molecule has 120 valence electrons. The zero-order chi connectivity index (χ0) is 15.5. The van der Waals surface area contributed by atoms with E-state index in [1.165, 1.54) is 18.4 Å². The first-order chi connectivity index (χ1) is 10.2. The third-order valence-corrected chi connectivity index (χ3v) is 3.66. The highest BCUT2D eigenvalue weighted by molar-refractivity contribution is 5.27. The zero-order valence-corrected chi connectivity index (χ0v) is 14.0. The van der Waals surface area contributed by atoms with Gasteiger partial charge in [0.1, 0.15) is 5.75 Å². The number of rotatable bonds is 11. The molecule has 0 heterocycles. The van der Waals surface area contributed by atoms with Crippen LogP contribution in [0.4, 0.5) is 0 Å². The summed E-state index contributed by atoms with van der Waals surface area (Å²) in [5.74, 6) is 1.53.